The van der Waals surface area contributed by atoms with Gasteiger partial charge in [-0.25, -0.2) is 4.68 Å². The normalized spacial score (nSPS) is 28.8. The molecule has 6 N–H and O–H groups in total. The van der Waals surface area contributed by atoms with Crippen LogP contribution in [-0.2, 0) is 41.6 Å². The molecule has 1 aromatic rings. The molecule has 54 heavy (non-hydrogen) atoms. The SMILES string of the molecule is CCCCCCCCCOCC(COCCCCCCCCC)OCc1cn(CC2O[C@H](O[C@H]3OC(CN=[N+]=[N-])[C@@H](O)[C@H](O)C3O)C(O)C(O)[C@@H]2O)nn1. The number of ether oxygens (including phenoxy) is 6. The van der Waals surface area contributed by atoms with Crippen LogP contribution in [0, 0.1) is 0 Å². The number of aromatic nitrogens is 3. The van der Waals surface area contributed by atoms with E-state index in [-0.39, 0.29) is 25.8 Å². The summed E-state index contributed by atoms with van der Waals surface area (Å²) >= 11 is 0. The molecule has 0 aromatic carbocycles. The van der Waals surface area contributed by atoms with Gasteiger partial charge in [-0.3, -0.25) is 0 Å². The summed E-state index contributed by atoms with van der Waals surface area (Å²) in [5, 5.41) is 74.4. The topological polar surface area (TPSA) is 256 Å². The maximum atomic E-state index is 10.7. The molecule has 0 amide bonds. The van der Waals surface area contributed by atoms with Crippen LogP contribution >= 0.6 is 0 Å². The fourth-order valence-corrected chi connectivity index (χ4v) is 6.39. The highest BCUT2D eigenvalue weighted by atomic mass is 16.8. The number of rotatable bonds is 29. The van der Waals surface area contributed by atoms with Crippen molar-refractivity contribution in [3.05, 3.63) is 22.3 Å². The minimum atomic E-state index is -1.78. The van der Waals surface area contributed by atoms with Gasteiger partial charge in [-0.05, 0) is 18.4 Å². The Kier molecular flexibility index (Phi) is 23.0. The zero-order valence-electron chi connectivity index (χ0n) is 32.1. The number of hydrogen-bond donors (Lipinski definition) is 6. The van der Waals surface area contributed by atoms with E-state index < -0.39 is 61.4 Å². The van der Waals surface area contributed by atoms with Gasteiger partial charge in [0.1, 0.15) is 54.5 Å². The number of hydrogen-bond acceptors (Lipinski definition) is 15. The van der Waals surface area contributed by atoms with Crippen molar-refractivity contribution in [2.45, 2.75) is 184 Å². The molecule has 0 spiro atoms. The summed E-state index contributed by atoms with van der Waals surface area (Å²) in [5.41, 5.74) is 9.12. The lowest BCUT2D eigenvalue weighted by atomic mass is 9.97. The Hall–Kier alpha value is -2.03. The Bertz CT molecular complexity index is 1140. The maximum Gasteiger partial charge on any atom is 0.189 e. The van der Waals surface area contributed by atoms with E-state index in [1.165, 1.54) is 68.9 Å². The van der Waals surface area contributed by atoms with Crippen molar-refractivity contribution in [1.29, 1.82) is 0 Å². The summed E-state index contributed by atoms with van der Waals surface area (Å²) < 4.78 is 36.3. The van der Waals surface area contributed by atoms with Crippen molar-refractivity contribution in [3.8, 4) is 0 Å². The van der Waals surface area contributed by atoms with Gasteiger partial charge in [-0.1, -0.05) is 101 Å². The first kappa shape index (κ1) is 46.4. The van der Waals surface area contributed by atoms with E-state index in [0.29, 0.717) is 32.1 Å². The molecule has 3 heterocycles. The molecule has 18 heteroatoms. The van der Waals surface area contributed by atoms with Crippen LogP contribution in [0.1, 0.15) is 109 Å². The van der Waals surface area contributed by atoms with Crippen LogP contribution in [-0.4, -0.2) is 146 Å². The number of nitrogens with zero attached hydrogens (tertiary/aromatic N) is 6. The first-order valence-corrected chi connectivity index (χ1v) is 19.9. The molecule has 10 atom stereocenters. The van der Waals surface area contributed by atoms with Crippen LogP contribution in [0.3, 0.4) is 0 Å². The minimum absolute atomic E-state index is 0.112. The van der Waals surface area contributed by atoms with Crippen LogP contribution in [0.25, 0.3) is 10.4 Å². The summed E-state index contributed by atoms with van der Waals surface area (Å²) in [6.07, 6.45) is 2.26. The molecule has 2 aliphatic heterocycles. The molecule has 2 aliphatic rings. The van der Waals surface area contributed by atoms with E-state index >= 15 is 0 Å². The van der Waals surface area contributed by atoms with Gasteiger partial charge in [0.05, 0.1) is 45.2 Å². The summed E-state index contributed by atoms with van der Waals surface area (Å²) in [4.78, 5) is 2.60. The van der Waals surface area contributed by atoms with Gasteiger partial charge in [-0.2, -0.15) is 0 Å². The average molecular weight is 775 g/mol. The van der Waals surface area contributed by atoms with Crippen molar-refractivity contribution in [3.63, 3.8) is 0 Å². The molecule has 2 saturated heterocycles. The highest BCUT2D eigenvalue weighted by molar-refractivity contribution is 4.95. The summed E-state index contributed by atoms with van der Waals surface area (Å²) in [6, 6.07) is 0. The third-order valence-corrected chi connectivity index (χ3v) is 9.74. The number of aliphatic hydroxyl groups excluding tert-OH is 6. The van der Waals surface area contributed by atoms with E-state index in [1.807, 2.05) is 0 Å². The Morgan fingerprint density at radius 3 is 1.76 bits per heavy atom. The molecule has 18 nitrogen and oxygen atoms in total. The van der Waals surface area contributed by atoms with E-state index in [1.54, 1.807) is 6.20 Å². The van der Waals surface area contributed by atoms with Crippen LogP contribution in [0.15, 0.2) is 11.3 Å². The third-order valence-electron chi connectivity index (χ3n) is 9.74. The predicted octanol–water partition coefficient (Wildman–Crippen LogP) is 2.64. The van der Waals surface area contributed by atoms with Gasteiger partial charge in [-0.15, -0.1) is 5.10 Å². The second-order valence-electron chi connectivity index (χ2n) is 14.3. The molecule has 0 aliphatic carbocycles. The Balaban J connectivity index is 1.51. The summed E-state index contributed by atoms with van der Waals surface area (Å²) in [7, 11) is 0. The first-order valence-electron chi connectivity index (χ1n) is 19.9. The van der Waals surface area contributed by atoms with Gasteiger partial charge in [0.25, 0.3) is 0 Å². The van der Waals surface area contributed by atoms with Gasteiger partial charge < -0.3 is 59.1 Å². The predicted molar refractivity (Wildman–Crippen MR) is 195 cm³/mol. The summed E-state index contributed by atoms with van der Waals surface area (Å²) in [6.45, 7) is 6.13. The molecular formula is C36H66N6O12. The monoisotopic (exact) mass is 774 g/mol. The fraction of sp³-hybridized carbons (Fsp3) is 0.944. The standard InChI is InChI=1S/C36H66N6O12/c1-3-5-7-9-11-13-15-17-49-23-26(24-50-18-16-14-12-10-8-6-4-2)51-22-25-20-42(41-39-25)21-28-30(44)32(46)34(48)36(53-28)54-35-33(47)31(45)29(43)27(52-35)19-38-40-37/h20,26-36,43-48H,3-19,21-24H2,1-2H3/t27?,28?,29-,30-,31+,32?,33?,34?,35-,36-/m1/s1. The average Bonchev–Trinajstić information content (AvgIpc) is 3.62. The van der Waals surface area contributed by atoms with Crippen molar-refractivity contribution in [2.75, 3.05) is 33.0 Å². The largest absolute Gasteiger partial charge is 0.388 e. The molecule has 5 unspecified atom stereocenters. The van der Waals surface area contributed by atoms with Crippen LogP contribution < -0.4 is 0 Å². The Morgan fingerprint density at radius 1 is 0.722 bits per heavy atom. The van der Waals surface area contributed by atoms with Crippen LogP contribution in [0.4, 0.5) is 0 Å². The van der Waals surface area contributed by atoms with Crippen molar-refractivity contribution < 1.29 is 59.1 Å². The lowest BCUT2D eigenvalue weighted by Gasteiger charge is -2.44. The quantitative estimate of drug-likeness (QED) is 0.0296. The molecular weight excluding hydrogens is 708 g/mol. The molecule has 0 bridgehead atoms. The van der Waals surface area contributed by atoms with Gasteiger partial charge >= 0.3 is 0 Å². The van der Waals surface area contributed by atoms with Gasteiger partial charge in [0, 0.05) is 18.1 Å². The highest BCUT2D eigenvalue weighted by Crippen LogP contribution is 2.29. The summed E-state index contributed by atoms with van der Waals surface area (Å²) in [5.74, 6) is 0. The zero-order chi connectivity index (χ0) is 39.1. The second-order valence-corrected chi connectivity index (χ2v) is 14.3. The first-order chi connectivity index (χ1) is 26.2. The van der Waals surface area contributed by atoms with Gasteiger partial charge in [0.15, 0.2) is 12.6 Å². The lowest BCUT2D eigenvalue weighted by molar-refractivity contribution is -0.373. The van der Waals surface area contributed by atoms with Crippen LogP contribution in [0.2, 0.25) is 0 Å². The van der Waals surface area contributed by atoms with E-state index in [9.17, 15) is 30.6 Å². The maximum absolute atomic E-state index is 10.7. The Labute approximate surface area is 318 Å². The molecule has 0 saturated carbocycles. The van der Waals surface area contributed by atoms with Crippen molar-refractivity contribution >= 4 is 0 Å². The molecule has 312 valence electrons. The zero-order valence-corrected chi connectivity index (χ0v) is 32.1. The van der Waals surface area contributed by atoms with Crippen molar-refractivity contribution in [2.24, 2.45) is 5.11 Å². The fourth-order valence-electron chi connectivity index (χ4n) is 6.39. The minimum Gasteiger partial charge on any atom is -0.388 e. The van der Waals surface area contributed by atoms with E-state index in [2.05, 4.69) is 34.2 Å². The second kappa shape index (κ2) is 26.8. The molecule has 3 rings (SSSR count). The number of azide groups is 1. The van der Waals surface area contributed by atoms with Gasteiger partial charge in [0.2, 0.25) is 0 Å². The number of unbranched alkanes of at least 4 members (excludes halogenated alkanes) is 12. The lowest BCUT2D eigenvalue weighted by Crippen LogP contribution is -2.63. The number of aliphatic hydroxyl groups is 6. The van der Waals surface area contributed by atoms with E-state index in [0.717, 1.165) is 25.7 Å². The molecule has 0 radical (unpaired) electrons. The smallest absolute Gasteiger partial charge is 0.189 e. The molecule has 1 aromatic heterocycles. The van der Waals surface area contributed by atoms with Crippen LogP contribution in [0.5, 0.6) is 0 Å². The highest BCUT2D eigenvalue weighted by Gasteiger charge is 2.49. The van der Waals surface area contributed by atoms with Crippen molar-refractivity contribution in [1.82, 2.24) is 15.0 Å². The van der Waals surface area contributed by atoms with E-state index in [4.69, 9.17) is 34.0 Å². The third kappa shape index (κ3) is 16.2. The molecule has 2 fully saturated rings. The Morgan fingerprint density at radius 2 is 1.22 bits per heavy atom.